The maximum atomic E-state index is 5.12. The van der Waals surface area contributed by atoms with Crippen molar-refractivity contribution in [2.24, 2.45) is 17.7 Å². The van der Waals surface area contributed by atoms with Crippen LogP contribution in [0.3, 0.4) is 0 Å². The molecule has 2 nitrogen and oxygen atoms in total. The first-order valence-corrected chi connectivity index (χ1v) is 3.93. The van der Waals surface area contributed by atoms with Gasteiger partial charge >= 0.3 is 0 Å². The summed E-state index contributed by atoms with van der Waals surface area (Å²) in [5, 5.41) is 0. The van der Waals surface area contributed by atoms with E-state index in [1.807, 2.05) is 0 Å². The predicted octanol–water partition coefficient (Wildman–Crippen LogP) is 1.95. The van der Waals surface area contributed by atoms with E-state index in [2.05, 4.69) is 27.7 Å². The number of nitrogens with two attached hydrogens (primary N) is 1. The molecule has 0 aromatic rings. The standard InChI is InChI=1S/C8H19NO/c1-6(2)5-8(10-9)7(3)4/h6-8H,5,9H2,1-4H3. The van der Waals surface area contributed by atoms with Crippen LogP contribution in [0.2, 0.25) is 0 Å². The Morgan fingerprint density at radius 3 is 1.80 bits per heavy atom. The zero-order chi connectivity index (χ0) is 8.15. The second kappa shape index (κ2) is 4.69. The molecule has 0 aromatic heterocycles. The van der Waals surface area contributed by atoms with Crippen LogP contribution < -0.4 is 5.90 Å². The van der Waals surface area contributed by atoms with Gasteiger partial charge in [-0.05, 0) is 18.3 Å². The fraction of sp³-hybridized carbons (Fsp3) is 1.00. The number of hydrogen-bond acceptors (Lipinski definition) is 2. The zero-order valence-electron chi connectivity index (χ0n) is 7.42. The van der Waals surface area contributed by atoms with Gasteiger partial charge in [0.2, 0.25) is 0 Å². The Balaban J connectivity index is 3.60. The smallest absolute Gasteiger partial charge is 0.0812 e. The Kier molecular flexibility index (Phi) is 4.65. The summed E-state index contributed by atoms with van der Waals surface area (Å²) in [4.78, 5) is 4.82. The third-order valence-corrected chi connectivity index (χ3v) is 1.62. The van der Waals surface area contributed by atoms with Crippen LogP contribution in [0, 0.1) is 11.8 Å². The van der Waals surface area contributed by atoms with E-state index in [1.165, 1.54) is 0 Å². The van der Waals surface area contributed by atoms with Crippen molar-refractivity contribution < 1.29 is 4.84 Å². The minimum absolute atomic E-state index is 0.222. The Labute approximate surface area is 63.7 Å². The molecule has 0 spiro atoms. The average molecular weight is 145 g/mol. The Morgan fingerprint density at radius 2 is 1.70 bits per heavy atom. The van der Waals surface area contributed by atoms with Crippen molar-refractivity contribution in [3.05, 3.63) is 0 Å². The lowest BCUT2D eigenvalue weighted by Gasteiger charge is -2.19. The molecule has 2 N–H and O–H groups in total. The van der Waals surface area contributed by atoms with Gasteiger partial charge in [-0.15, -0.1) is 0 Å². The number of hydrogen-bond donors (Lipinski definition) is 1. The first kappa shape index (κ1) is 9.92. The van der Waals surface area contributed by atoms with E-state index < -0.39 is 0 Å². The van der Waals surface area contributed by atoms with Gasteiger partial charge in [0, 0.05) is 0 Å². The highest BCUT2D eigenvalue weighted by atomic mass is 16.6. The molecule has 0 bridgehead atoms. The lowest BCUT2D eigenvalue weighted by atomic mass is 9.97. The second-order valence-corrected chi connectivity index (χ2v) is 3.55. The van der Waals surface area contributed by atoms with Crippen LogP contribution in [0.4, 0.5) is 0 Å². The van der Waals surface area contributed by atoms with E-state index in [9.17, 15) is 0 Å². The second-order valence-electron chi connectivity index (χ2n) is 3.55. The molecule has 0 saturated carbocycles. The Bertz CT molecular complexity index is 81.3. The third-order valence-electron chi connectivity index (χ3n) is 1.62. The van der Waals surface area contributed by atoms with Gasteiger partial charge in [-0.2, -0.15) is 0 Å². The molecule has 1 unspecified atom stereocenters. The molecule has 62 valence electrons. The van der Waals surface area contributed by atoms with Crippen molar-refractivity contribution in [2.75, 3.05) is 0 Å². The summed E-state index contributed by atoms with van der Waals surface area (Å²) in [6.07, 6.45) is 1.27. The minimum atomic E-state index is 0.222. The van der Waals surface area contributed by atoms with Crippen LogP contribution in [-0.2, 0) is 4.84 Å². The maximum absolute atomic E-state index is 5.12. The molecule has 0 radical (unpaired) electrons. The molecule has 2 heteroatoms. The molecule has 10 heavy (non-hydrogen) atoms. The van der Waals surface area contributed by atoms with Crippen molar-refractivity contribution in [3.63, 3.8) is 0 Å². The first-order valence-electron chi connectivity index (χ1n) is 3.93. The molecule has 0 heterocycles. The highest BCUT2D eigenvalue weighted by molar-refractivity contribution is 4.62. The van der Waals surface area contributed by atoms with Gasteiger partial charge in [0.05, 0.1) is 6.10 Å². The Hall–Kier alpha value is -0.0800. The predicted molar refractivity (Wildman–Crippen MR) is 43.4 cm³/mol. The SMILES string of the molecule is CC(C)CC(ON)C(C)C. The molecule has 0 saturated heterocycles. The monoisotopic (exact) mass is 145 g/mol. The van der Waals surface area contributed by atoms with Crippen molar-refractivity contribution in [3.8, 4) is 0 Å². The fourth-order valence-corrected chi connectivity index (χ4v) is 0.949. The minimum Gasteiger partial charge on any atom is -0.301 e. The topological polar surface area (TPSA) is 35.2 Å². The fourth-order valence-electron chi connectivity index (χ4n) is 0.949. The summed E-state index contributed by atoms with van der Waals surface area (Å²) < 4.78 is 0. The molecule has 0 amide bonds. The van der Waals surface area contributed by atoms with Gasteiger partial charge in [-0.1, -0.05) is 27.7 Å². The molecular weight excluding hydrogens is 126 g/mol. The van der Waals surface area contributed by atoms with E-state index in [0.717, 1.165) is 6.42 Å². The molecule has 1 atom stereocenters. The largest absolute Gasteiger partial charge is 0.301 e. The summed E-state index contributed by atoms with van der Waals surface area (Å²) in [5.74, 6) is 6.31. The lowest BCUT2D eigenvalue weighted by Crippen LogP contribution is -2.24. The quantitative estimate of drug-likeness (QED) is 0.614. The van der Waals surface area contributed by atoms with Crippen LogP contribution in [0.5, 0.6) is 0 Å². The van der Waals surface area contributed by atoms with Crippen LogP contribution in [0.25, 0.3) is 0 Å². The molecule has 0 aliphatic carbocycles. The lowest BCUT2D eigenvalue weighted by molar-refractivity contribution is 0.00800. The van der Waals surface area contributed by atoms with E-state index in [-0.39, 0.29) is 6.10 Å². The first-order chi connectivity index (χ1) is 4.57. The van der Waals surface area contributed by atoms with Crippen molar-refractivity contribution >= 4 is 0 Å². The van der Waals surface area contributed by atoms with Crippen molar-refractivity contribution in [1.82, 2.24) is 0 Å². The van der Waals surface area contributed by atoms with E-state index >= 15 is 0 Å². The number of rotatable bonds is 4. The third kappa shape index (κ3) is 3.85. The van der Waals surface area contributed by atoms with Gasteiger partial charge in [-0.3, -0.25) is 0 Å². The van der Waals surface area contributed by atoms with Crippen LogP contribution >= 0.6 is 0 Å². The molecule has 0 fully saturated rings. The van der Waals surface area contributed by atoms with Crippen molar-refractivity contribution in [2.45, 2.75) is 40.2 Å². The van der Waals surface area contributed by atoms with Gasteiger partial charge in [0.15, 0.2) is 0 Å². The molecule has 0 rings (SSSR count). The van der Waals surface area contributed by atoms with E-state index in [4.69, 9.17) is 10.7 Å². The van der Waals surface area contributed by atoms with E-state index in [1.54, 1.807) is 0 Å². The van der Waals surface area contributed by atoms with E-state index in [0.29, 0.717) is 11.8 Å². The normalized spacial score (nSPS) is 14.7. The highest BCUT2D eigenvalue weighted by Gasteiger charge is 2.13. The van der Waals surface area contributed by atoms with Crippen molar-refractivity contribution in [1.29, 1.82) is 0 Å². The summed E-state index contributed by atoms with van der Waals surface area (Å²) in [5.41, 5.74) is 0. The van der Waals surface area contributed by atoms with Crippen LogP contribution in [0.15, 0.2) is 0 Å². The highest BCUT2D eigenvalue weighted by Crippen LogP contribution is 2.14. The maximum Gasteiger partial charge on any atom is 0.0812 e. The zero-order valence-corrected chi connectivity index (χ0v) is 7.42. The summed E-state index contributed by atoms with van der Waals surface area (Å²) >= 11 is 0. The summed E-state index contributed by atoms with van der Waals surface area (Å²) in [6, 6.07) is 0. The van der Waals surface area contributed by atoms with Crippen LogP contribution in [-0.4, -0.2) is 6.10 Å². The summed E-state index contributed by atoms with van der Waals surface area (Å²) in [7, 11) is 0. The van der Waals surface area contributed by atoms with Gasteiger partial charge < -0.3 is 4.84 Å². The van der Waals surface area contributed by atoms with Gasteiger partial charge in [0.25, 0.3) is 0 Å². The Morgan fingerprint density at radius 1 is 1.20 bits per heavy atom. The van der Waals surface area contributed by atoms with Gasteiger partial charge in [-0.25, -0.2) is 5.90 Å². The molecule has 0 aliphatic rings. The van der Waals surface area contributed by atoms with Crippen LogP contribution in [0.1, 0.15) is 34.1 Å². The molecular formula is C8H19NO. The molecule has 0 aliphatic heterocycles. The van der Waals surface area contributed by atoms with Gasteiger partial charge in [0.1, 0.15) is 0 Å². The summed E-state index contributed by atoms with van der Waals surface area (Å²) in [6.45, 7) is 8.60. The molecule has 0 aromatic carbocycles. The average Bonchev–Trinajstić information content (AvgIpc) is 1.81.